The van der Waals surface area contributed by atoms with E-state index in [-0.39, 0.29) is 11.8 Å². The van der Waals surface area contributed by atoms with Crippen molar-refractivity contribution in [2.24, 2.45) is 0 Å². The first-order valence-corrected chi connectivity index (χ1v) is 10.8. The van der Waals surface area contributed by atoms with Crippen LogP contribution in [0.3, 0.4) is 0 Å². The molecule has 6 nitrogen and oxygen atoms in total. The van der Waals surface area contributed by atoms with Gasteiger partial charge in [-0.1, -0.05) is 37.3 Å². The van der Waals surface area contributed by atoms with E-state index in [2.05, 4.69) is 0 Å². The van der Waals surface area contributed by atoms with Crippen molar-refractivity contribution in [2.45, 2.75) is 27.2 Å². The average molecular weight is 421 g/mol. The van der Waals surface area contributed by atoms with Gasteiger partial charge in [-0.2, -0.15) is 0 Å². The Morgan fingerprint density at radius 1 is 0.968 bits per heavy atom. The molecule has 31 heavy (non-hydrogen) atoms. The maximum absolute atomic E-state index is 13.7. The standard InChI is InChI=1S/C25H28N2O4/c1-4-13-31-21-8-6-5-7-20(21)27-24(28)22(19-10-9-17(2)18(3)16-19)23(25(27)29)26-11-14-30-15-12-26/h5-10,16H,4,11-15H2,1-3H3. The number of hydrogen-bond donors (Lipinski definition) is 0. The molecule has 1 saturated heterocycles. The number of carbonyl (C=O) groups is 2. The summed E-state index contributed by atoms with van der Waals surface area (Å²) in [6.07, 6.45) is 0.835. The third kappa shape index (κ3) is 3.95. The Bertz CT molecular complexity index is 1040. The summed E-state index contributed by atoms with van der Waals surface area (Å²) in [4.78, 5) is 30.7. The maximum Gasteiger partial charge on any atom is 0.282 e. The fourth-order valence-electron chi connectivity index (χ4n) is 3.95. The molecule has 162 valence electrons. The third-order valence-electron chi connectivity index (χ3n) is 5.75. The Hall–Kier alpha value is -3.12. The van der Waals surface area contributed by atoms with Gasteiger partial charge in [0.25, 0.3) is 11.8 Å². The molecule has 0 saturated carbocycles. The molecule has 0 atom stereocenters. The second-order valence-corrected chi connectivity index (χ2v) is 7.88. The van der Waals surface area contributed by atoms with E-state index in [1.807, 2.05) is 56.0 Å². The predicted octanol–water partition coefficient (Wildman–Crippen LogP) is 3.71. The zero-order valence-corrected chi connectivity index (χ0v) is 18.3. The number of aryl methyl sites for hydroxylation is 2. The lowest BCUT2D eigenvalue weighted by molar-refractivity contribution is -0.121. The second-order valence-electron chi connectivity index (χ2n) is 7.88. The Morgan fingerprint density at radius 3 is 2.42 bits per heavy atom. The van der Waals surface area contributed by atoms with Crippen molar-refractivity contribution in [2.75, 3.05) is 37.8 Å². The molecular weight excluding hydrogens is 392 g/mol. The molecule has 0 unspecified atom stereocenters. The quantitative estimate of drug-likeness (QED) is 0.667. The van der Waals surface area contributed by atoms with Crippen LogP contribution in [-0.2, 0) is 14.3 Å². The average Bonchev–Trinajstić information content (AvgIpc) is 3.05. The van der Waals surface area contributed by atoms with E-state index in [4.69, 9.17) is 9.47 Å². The SMILES string of the molecule is CCCOc1ccccc1N1C(=O)C(c2ccc(C)c(C)c2)=C(N2CCOCC2)C1=O. The van der Waals surface area contributed by atoms with Gasteiger partial charge in [0, 0.05) is 13.1 Å². The topological polar surface area (TPSA) is 59.1 Å². The molecule has 2 aromatic carbocycles. The number of morpholine rings is 1. The Morgan fingerprint density at radius 2 is 1.71 bits per heavy atom. The highest BCUT2D eigenvalue weighted by molar-refractivity contribution is 6.45. The second kappa shape index (κ2) is 8.94. The van der Waals surface area contributed by atoms with Crippen molar-refractivity contribution in [3.63, 3.8) is 0 Å². The van der Waals surface area contributed by atoms with E-state index >= 15 is 0 Å². The molecule has 6 heteroatoms. The largest absolute Gasteiger partial charge is 0.491 e. The molecule has 2 heterocycles. The van der Waals surface area contributed by atoms with Crippen LogP contribution in [0.5, 0.6) is 5.75 Å². The van der Waals surface area contributed by atoms with Gasteiger partial charge in [0.2, 0.25) is 0 Å². The van der Waals surface area contributed by atoms with Gasteiger partial charge in [0.1, 0.15) is 11.4 Å². The minimum Gasteiger partial charge on any atom is -0.491 e. The summed E-state index contributed by atoms with van der Waals surface area (Å²) in [5.74, 6) is -0.0938. The molecule has 2 aliphatic rings. The fraction of sp³-hybridized carbons (Fsp3) is 0.360. The van der Waals surface area contributed by atoms with Crippen molar-refractivity contribution >= 4 is 23.1 Å². The van der Waals surface area contributed by atoms with E-state index in [9.17, 15) is 9.59 Å². The van der Waals surface area contributed by atoms with Crippen LogP contribution in [0.25, 0.3) is 5.57 Å². The number of rotatable bonds is 6. The smallest absolute Gasteiger partial charge is 0.282 e. The molecule has 0 aliphatic carbocycles. The van der Waals surface area contributed by atoms with Crippen molar-refractivity contribution < 1.29 is 19.1 Å². The highest BCUT2D eigenvalue weighted by Gasteiger charge is 2.43. The number of ether oxygens (including phenoxy) is 2. The van der Waals surface area contributed by atoms with Crippen LogP contribution in [-0.4, -0.2) is 49.6 Å². The zero-order chi connectivity index (χ0) is 22.0. The van der Waals surface area contributed by atoms with Crippen LogP contribution in [0.2, 0.25) is 0 Å². The lowest BCUT2D eigenvalue weighted by atomic mass is 9.99. The molecule has 2 aromatic rings. The number of amides is 2. The molecule has 2 aliphatic heterocycles. The van der Waals surface area contributed by atoms with Crippen LogP contribution < -0.4 is 9.64 Å². The number of imide groups is 1. The van der Waals surface area contributed by atoms with E-state index in [1.165, 1.54) is 4.90 Å². The fourth-order valence-corrected chi connectivity index (χ4v) is 3.95. The maximum atomic E-state index is 13.7. The Labute approximate surface area is 183 Å². The van der Waals surface area contributed by atoms with Crippen LogP contribution in [0.15, 0.2) is 48.2 Å². The molecule has 1 fully saturated rings. The normalized spacial score (nSPS) is 17.0. The summed E-state index contributed by atoms with van der Waals surface area (Å²) in [6.45, 7) is 8.79. The first-order chi connectivity index (χ1) is 15.0. The predicted molar refractivity (Wildman–Crippen MR) is 120 cm³/mol. The van der Waals surface area contributed by atoms with E-state index in [0.717, 1.165) is 23.1 Å². The minimum atomic E-state index is -0.317. The first kappa shape index (κ1) is 21.1. The zero-order valence-electron chi connectivity index (χ0n) is 18.3. The van der Waals surface area contributed by atoms with Crippen molar-refractivity contribution in [3.05, 3.63) is 64.9 Å². The summed E-state index contributed by atoms with van der Waals surface area (Å²) >= 11 is 0. The number of hydrogen-bond acceptors (Lipinski definition) is 5. The Kier molecular flexibility index (Phi) is 6.09. The molecule has 0 bridgehead atoms. The minimum absolute atomic E-state index is 0.312. The van der Waals surface area contributed by atoms with Gasteiger partial charge in [-0.05, 0) is 49.1 Å². The molecule has 0 aromatic heterocycles. The summed E-state index contributed by atoms with van der Waals surface area (Å²) in [5, 5.41) is 0. The van der Waals surface area contributed by atoms with Crippen molar-refractivity contribution in [1.82, 2.24) is 4.90 Å². The van der Waals surface area contributed by atoms with Gasteiger partial charge in [0.05, 0.1) is 31.1 Å². The van der Waals surface area contributed by atoms with Gasteiger partial charge in [-0.15, -0.1) is 0 Å². The van der Waals surface area contributed by atoms with Crippen LogP contribution in [0.4, 0.5) is 5.69 Å². The van der Waals surface area contributed by atoms with E-state index in [0.29, 0.717) is 55.6 Å². The number of carbonyl (C=O) groups excluding carboxylic acids is 2. The molecule has 2 amide bonds. The van der Waals surface area contributed by atoms with Crippen LogP contribution in [0, 0.1) is 13.8 Å². The third-order valence-corrected chi connectivity index (χ3v) is 5.75. The van der Waals surface area contributed by atoms with Crippen LogP contribution in [0.1, 0.15) is 30.0 Å². The first-order valence-electron chi connectivity index (χ1n) is 10.8. The molecule has 0 spiro atoms. The number of benzene rings is 2. The Balaban J connectivity index is 1.82. The van der Waals surface area contributed by atoms with E-state index < -0.39 is 0 Å². The highest BCUT2D eigenvalue weighted by atomic mass is 16.5. The van der Waals surface area contributed by atoms with Gasteiger partial charge in [0.15, 0.2) is 0 Å². The van der Waals surface area contributed by atoms with Gasteiger partial charge >= 0.3 is 0 Å². The summed E-state index contributed by atoms with van der Waals surface area (Å²) in [7, 11) is 0. The number of anilines is 1. The molecule has 4 rings (SSSR count). The molecular formula is C25H28N2O4. The monoisotopic (exact) mass is 420 g/mol. The number of para-hydroxylation sites is 2. The summed E-state index contributed by atoms with van der Waals surface area (Å²) in [6, 6.07) is 13.1. The van der Waals surface area contributed by atoms with Gasteiger partial charge < -0.3 is 14.4 Å². The van der Waals surface area contributed by atoms with Crippen molar-refractivity contribution in [3.8, 4) is 5.75 Å². The van der Waals surface area contributed by atoms with Gasteiger partial charge in [-0.25, -0.2) is 4.90 Å². The van der Waals surface area contributed by atoms with Crippen molar-refractivity contribution in [1.29, 1.82) is 0 Å². The van der Waals surface area contributed by atoms with Gasteiger partial charge in [-0.3, -0.25) is 9.59 Å². The van der Waals surface area contributed by atoms with Crippen LogP contribution >= 0.6 is 0 Å². The molecule has 0 radical (unpaired) electrons. The summed E-state index contributed by atoms with van der Waals surface area (Å²) in [5.41, 5.74) is 4.36. The lowest BCUT2D eigenvalue weighted by Gasteiger charge is -2.29. The van der Waals surface area contributed by atoms with E-state index in [1.54, 1.807) is 12.1 Å². The molecule has 0 N–H and O–H groups in total. The number of nitrogens with zero attached hydrogens (tertiary/aromatic N) is 2. The lowest BCUT2D eigenvalue weighted by Crippen LogP contribution is -2.40. The highest BCUT2D eigenvalue weighted by Crippen LogP contribution is 2.39. The summed E-state index contributed by atoms with van der Waals surface area (Å²) < 4.78 is 11.3.